The van der Waals surface area contributed by atoms with Crippen molar-refractivity contribution in [2.24, 2.45) is 0 Å². The van der Waals surface area contributed by atoms with Gasteiger partial charge in [0.15, 0.2) is 0 Å². The molecule has 0 radical (unpaired) electrons. The number of hydrogen-bond acceptors (Lipinski definition) is 6. The Bertz CT molecular complexity index is 171. The third kappa shape index (κ3) is 31.6. The van der Waals surface area contributed by atoms with E-state index in [0.717, 1.165) is 25.7 Å². The maximum absolute atomic E-state index is 4.83. The topological polar surface area (TPSA) is 18.5 Å². The average molecular weight is 405 g/mol. The smallest absolute Gasteiger partial charge is 0.514 e. The molecule has 0 amide bonds. The Morgan fingerprint density at radius 2 is 1.18 bits per heavy atom. The molecule has 0 saturated heterocycles. The summed E-state index contributed by atoms with van der Waals surface area (Å²) in [4.78, 5) is 0. The summed E-state index contributed by atoms with van der Waals surface area (Å²) in [6, 6.07) is 0. The molecule has 0 heterocycles. The number of thiocarbonyl (C=S) groups is 2. The van der Waals surface area contributed by atoms with Crippen LogP contribution in [0.15, 0.2) is 0 Å². The molecule has 0 aromatic rings. The van der Waals surface area contributed by atoms with Gasteiger partial charge in [-0.15, -0.1) is 0 Å². The van der Waals surface area contributed by atoms with Gasteiger partial charge in [-0.3, -0.25) is 0 Å². The van der Waals surface area contributed by atoms with Crippen molar-refractivity contribution in [1.82, 2.24) is 0 Å². The molecule has 104 valence electrons. The van der Waals surface area contributed by atoms with Crippen LogP contribution < -0.4 is 0 Å². The predicted octanol–water partition coefficient (Wildman–Crippen LogP) is 3.27. The van der Waals surface area contributed by atoms with E-state index in [0.29, 0.717) is 13.2 Å². The number of ether oxygens (including phenoxy) is 2. The molecule has 0 fully saturated rings. The number of hydrogen-bond donors (Lipinski definition) is 0. The maximum atomic E-state index is 4.83. The third-order valence-electron chi connectivity index (χ3n) is 1.44. The van der Waals surface area contributed by atoms with Crippen LogP contribution in [0.25, 0.3) is 0 Å². The van der Waals surface area contributed by atoms with E-state index in [1.54, 1.807) is 0 Å². The van der Waals surface area contributed by atoms with E-state index in [2.05, 4.69) is 63.5 Å². The molecular formula is C10H18O2PdS4. The summed E-state index contributed by atoms with van der Waals surface area (Å²) in [5.41, 5.74) is 0. The largest absolute Gasteiger partial charge is 2.00 e. The Hall–Kier alpha value is 0.882. The molecule has 0 spiro atoms. The molecule has 0 unspecified atom stereocenters. The van der Waals surface area contributed by atoms with Crippen LogP contribution in [-0.2, 0) is 55.2 Å². The van der Waals surface area contributed by atoms with E-state index in [-0.39, 0.29) is 29.2 Å². The molecule has 0 atom stereocenters. The van der Waals surface area contributed by atoms with Gasteiger partial charge in [-0.25, -0.2) is 0 Å². The van der Waals surface area contributed by atoms with Crippen molar-refractivity contribution < 1.29 is 29.9 Å². The van der Waals surface area contributed by atoms with Crippen LogP contribution in [0.2, 0.25) is 0 Å². The van der Waals surface area contributed by atoms with Gasteiger partial charge in [0.05, 0.1) is 13.2 Å². The minimum Gasteiger partial charge on any atom is -0.514 e. The van der Waals surface area contributed by atoms with Gasteiger partial charge in [-0.2, -0.15) is 0 Å². The van der Waals surface area contributed by atoms with Gasteiger partial charge in [0.2, 0.25) is 0 Å². The summed E-state index contributed by atoms with van der Waals surface area (Å²) in [5.74, 6) is 0. The molecule has 0 bridgehead atoms. The molecule has 0 aliphatic carbocycles. The predicted molar refractivity (Wildman–Crippen MR) is 81.6 cm³/mol. The summed E-state index contributed by atoms with van der Waals surface area (Å²) >= 11 is 18.0. The first-order valence-electron chi connectivity index (χ1n) is 5.22. The van der Waals surface area contributed by atoms with Crippen LogP contribution >= 0.6 is 24.4 Å². The molecule has 0 N–H and O–H groups in total. The summed E-state index contributed by atoms with van der Waals surface area (Å²) in [6.07, 6.45) is 4.32. The van der Waals surface area contributed by atoms with Crippen LogP contribution in [0, 0.1) is 0 Å². The van der Waals surface area contributed by atoms with Crippen LogP contribution in [0.4, 0.5) is 0 Å². The van der Waals surface area contributed by atoms with Crippen LogP contribution in [-0.4, -0.2) is 22.0 Å². The normalized spacial score (nSPS) is 8.12. The van der Waals surface area contributed by atoms with Gasteiger partial charge in [0, 0.05) is 8.77 Å². The molecule has 17 heavy (non-hydrogen) atoms. The summed E-state index contributed by atoms with van der Waals surface area (Å²) in [6.45, 7) is 5.54. The second kappa shape index (κ2) is 19.2. The van der Waals surface area contributed by atoms with Crippen LogP contribution in [0.5, 0.6) is 0 Å². The van der Waals surface area contributed by atoms with E-state index < -0.39 is 0 Å². The minimum atomic E-state index is 0. The Morgan fingerprint density at radius 3 is 1.35 bits per heavy atom. The quantitative estimate of drug-likeness (QED) is 0.290. The van der Waals surface area contributed by atoms with E-state index in [1.165, 1.54) is 0 Å². The molecule has 0 rings (SSSR count). The fourth-order valence-electron chi connectivity index (χ4n) is 0.600. The van der Waals surface area contributed by atoms with Crippen molar-refractivity contribution >= 4 is 58.5 Å². The van der Waals surface area contributed by atoms with Crippen molar-refractivity contribution in [3.05, 3.63) is 0 Å². The summed E-state index contributed by atoms with van der Waals surface area (Å²) < 4.78 is 10.1. The van der Waals surface area contributed by atoms with Crippen molar-refractivity contribution in [2.45, 2.75) is 39.5 Å². The first kappa shape index (κ1) is 23.0. The Kier molecular flexibility index (Phi) is 26.0. The zero-order valence-electron chi connectivity index (χ0n) is 10.0. The van der Waals surface area contributed by atoms with E-state index in [9.17, 15) is 0 Å². The van der Waals surface area contributed by atoms with E-state index >= 15 is 0 Å². The Morgan fingerprint density at radius 1 is 0.882 bits per heavy atom. The molecule has 0 aliphatic rings. The first-order valence-corrected chi connectivity index (χ1v) is 6.85. The molecular weight excluding hydrogens is 387 g/mol. The van der Waals surface area contributed by atoms with Gasteiger partial charge in [-0.05, 0) is 12.8 Å². The molecule has 0 saturated carbocycles. The molecule has 0 aromatic heterocycles. The van der Waals surface area contributed by atoms with Gasteiger partial charge in [0.1, 0.15) is 0 Å². The van der Waals surface area contributed by atoms with Gasteiger partial charge >= 0.3 is 20.4 Å². The van der Waals surface area contributed by atoms with Gasteiger partial charge < -0.3 is 59.2 Å². The van der Waals surface area contributed by atoms with Gasteiger partial charge in [-0.1, -0.05) is 26.7 Å². The van der Waals surface area contributed by atoms with Gasteiger partial charge in [0.25, 0.3) is 0 Å². The summed E-state index contributed by atoms with van der Waals surface area (Å²) in [5, 5.41) is 0. The van der Waals surface area contributed by atoms with Crippen molar-refractivity contribution in [1.29, 1.82) is 0 Å². The number of unbranched alkanes of at least 4 members (excludes halogenated alkanes) is 2. The molecule has 0 aliphatic heterocycles. The molecule has 0 aromatic carbocycles. The van der Waals surface area contributed by atoms with Crippen LogP contribution in [0.3, 0.4) is 0 Å². The zero-order valence-corrected chi connectivity index (χ0v) is 14.8. The molecule has 7 heteroatoms. The first-order chi connectivity index (χ1) is 7.54. The third-order valence-corrected chi connectivity index (χ3v) is 1.91. The maximum Gasteiger partial charge on any atom is 2.00 e. The second-order valence-corrected chi connectivity index (χ2v) is 4.90. The average Bonchev–Trinajstić information content (AvgIpc) is 2.18. The van der Waals surface area contributed by atoms with Crippen molar-refractivity contribution in [3.63, 3.8) is 0 Å². The van der Waals surface area contributed by atoms with E-state index in [1.807, 2.05) is 0 Å². The monoisotopic (exact) mass is 404 g/mol. The Labute approximate surface area is 140 Å². The summed E-state index contributed by atoms with van der Waals surface area (Å²) in [7, 11) is 0. The fourth-order valence-corrected chi connectivity index (χ4v) is 0.933. The van der Waals surface area contributed by atoms with Crippen molar-refractivity contribution in [2.75, 3.05) is 13.2 Å². The SMILES string of the molecule is CCCCOC(=S)[S-].CCCCOC(=S)[S-].[Pd+2]. The Balaban J connectivity index is -0.000000218. The molecule has 2 nitrogen and oxygen atoms in total. The second-order valence-electron chi connectivity index (χ2n) is 2.90. The van der Waals surface area contributed by atoms with Crippen molar-refractivity contribution in [3.8, 4) is 0 Å². The van der Waals surface area contributed by atoms with E-state index in [4.69, 9.17) is 9.47 Å². The van der Waals surface area contributed by atoms with Crippen LogP contribution in [0.1, 0.15) is 39.5 Å². The number of rotatable bonds is 6. The zero-order chi connectivity index (χ0) is 12.8. The standard InChI is InChI=1S/2C5H10OS2.Pd/c2*1-2-3-4-6-5(7)8;/h2*2-4H2,1H3,(H,7,8);/q;;+2/p-2. The minimum absolute atomic E-state index is 0. The fraction of sp³-hybridized carbons (Fsp3) is 0.800.